The summed E-state index contributed by atoms with van der Waals surface area (Å²) in [5.41, 5.74) is 2.86. The number of hydrogen-bond donors (Lipinski definition) is 3. The first-order valence-corrected chi connectivity index (χ1v) is 11.0. The summed E-state index contributed by atoms with van der Waals surface area (Å²) in [6.45, 7) is 0.532. The summed E-state index contributed by atoms with van der Waals surface area (Å²) in [4.78, 5) is 27.7. The average molecular weight is 450 g/mol. The summed E-state index contributed by atoms with van der Waals surface area (Å²) < 4.78 is 5.29. The number of aryl methyl sites for hydroxylation is 1. The minimum Gasteiger partial charge on any atom is -0.497 e. The second-order valence-corrected chi connectivity index (χ2v) is 8.21. The van der Waals surface area contributed by atoms with Crippen LogP contribution in [0.15, 0.2) is 54.7 Å². The molecule has 164 valence electrons. The molecule has 2 heterocycles. The van der Waals surface area contributed by atoms with Crippen molar-refractivity contribution in [2.45, 2.75) is 19.3 Å². The van der Waals surface area contributed by atoms with Crippen LogP contribution in [0.2, 0.25) is 0 Å². The van der Waals surface area contributed by atoms with Gasteiger partial charge in [0.1, 0.15) is 10.8 Å². The third-order valence-corrected chi connectivity index (χ3v) is 5.93. The molecule has 0 atom stereocenters. The highest BCUT2D eigenvalue weighted by molar-refractivity contribution is 7.13. The number of hydrogen-bond acceptors (Lipinski definition) is 6. The van der Waals surface area contributed by atoms with E-state index in [1.165, 1.54) is 11.3 Å². The summed E-state index contributed by atoms with van der Waals surface area (Å²) >= 11 is 1.20. The Morgan fingerprint density at radius 1 is 1.09 bits per heavy atom. The van der Waals surface area contributed by atoms with Gasteiger partial charge in [0, 0.05) is 42.2 Å². The number of rotatable bonds is 9. The van der Waals surface area contributed by atoms with Crippen LogP contribution in [0.3, 0.4) is 0 Å². The van der Waals surface area contributed by atoms with E-state index in [0.29, 0.717) is 30.1 Å². The van der Waals surface area contributed by atoms with E-state index < -0.39 is 0 Å². The smallest absolute Gasteiger partial charge is 0.286 e. The third-order valence-electron chi connectivity index (χ3n) is 4.95. The van der Waals surface area contributed by atoms with Crippen molar-refractivity contribution in [2.75, 3.05) is 19.0 Å². The van der Waals surface area contributed by atoms with Crippen molar-refractivity contribution in [1.29, 1.82) is 0 Å². The molecule has 0 spiro atoms. The van der Waals surface area contributed by atoms with Crippen LogP contribution in [0.5, 0.6) is 5.75 Å². The van der Waals surface area contributed by atoms with Crippen molar-refractivity contribution in [2.24, 2.45) is 0 Å². The van der Waals surface area contributed by atoms with Gasteiger partial charge in [-0.05, 0) is 42.3 Å². The van der Waals surface area contributed by atoms with Crippen LogP contribution in [0.1, 0.15) is 26.8 Å². The Morgan fingerprint density at radius 2 is 1.94 bits per heavy atom. The van der Waals surface area contributed by atoms with Gasteiger partial charge in [-0.15, -0.1) is 10.2 Å². The predicted molar refractivity (Wildman–Crippen MR) is 124 cm³/mol. The lowest BCUT2D eigenvalue weighted by Crippen LogP contribution is -2.25. The van der Waals surface area contributed by atoms with Gasteiger partial charge in [0.15, 0.2) is 0 Å². The Morgan fingerprint density at radius 3 is 2.75 bits per heavy atom. The number of aromatic nitrogens is 3. The Kier molecular flexibility index (Phi) is 6.76. The highest BCUT2D eigenvalue weighted by Gasteiger charge is 2.14. The molecule has 0 aliphatic rings. The van der Waals surface area contributed by atoms with E-state index in [4.69, 9.17) is 4.74 Å². The Balaban J connectivity index is 1.23. The number of aromatic amines is 1. The van der Waals surface area contributed by atoms with Gasteiger partial charge in [0.2, 0.25) is 10.9 Å². The molecule has 0 unspecified atom stereocenters. The van der Waals surface area contributed by atoms with Crippen LogP contribution < -0.4 is 15.4 Å². The molecule has 8 nitrogen and oxygen atoms in total. The van der Waals surface area contributed by atoms with Crippen molar-refractivity contribution < 1.29 is 14.3 Å². The van der Waals surface area contributed by atoms with Gasteiger partial charge in [-0.25, -0.2) is 0 Å². The third kappa shape index (κ3) is 5.30. The van der Waals surface area contributed by atoms with Crippen molar-refractivity contribution in [3.05, 3.63) is 70.3 Å². The lowest BCUT2D eigenvalue weighted by molar-refractivity contribution is -0.121. The molecule has 9 heteroatoms. The fourth-order valence-corrected chi connectivity index (χ4v) is 4.02. The van der Waals surface area contributed by atoms with E-state index in [0.717, 1.165) is 22.2 Å². The number of fused-ring (bicyclic) bond motifs is 1. The largest absolute Gasteiger partial charge is 0.497 e. The van der Waals surface area contributed by atoms with Gasteiger partial charge in [-0.2, -0.15) is 0 Å². The fourth-order valence-electron chi connectivity index (χ4n) is 3.29. The molecule has 0 bridgehead atoms. The minimum atomic E-state index is -0.306. The molecule has 3 N–H and O–H groups in total. The van der Waals surface area contributed by atoms with Gasteiger partial charge >= 0.3 is 0 Å². The molecule has 2 aromatic heterocycles. The topological polar surface area (TPSA) is 109 Å². The molecule has 0 saturated carbocycles. The van der Waals surface area contributed by atoms with Crippen LogP contribution in [0, 0.1) is 0 Å². The van der Waals surface area contributed by atoms with Gasteiger partial charge in [-0.3, -0.25) is 9.59 Å². The quantitative estimate of drug-likeness (QED) is 0.362. The van der Waals surface area contributed by atoms with Crippen molar-refractivity contribution >= 4 is 39.7 Å². The van der Waals surface area contributed by atoms with E-state index >= 15 is 0 Å². The number of carbonyl (C=O) groups is 2. The monoisotopic (exact) mass is 449 g/mol. The maximum absolute atomic E-state index is 12.3. The standard InChI is InChI=1S/C23H23N5O3S/c1-31-17-7-8-19-18(13-17)15(14-25-19)11-12-24-20(29)9-10-21-27-28-23(32-21)22(30)26-16-5-3-2-4-6-16/h2-8,13-14,25H,9-12H2,1H3,(H,24,29)(H,26,30). The van der Waals surface area contributed by atoms with E-state index in [1.54, 1.807) is 19.2 Å². The number of nitrogens with zero attached hydrogens (tertiary/aromatic N) is 2. The molecule has 32 heavy (non-hydrogen) atoms. The molecular weight excluding hydrogens is 426 g/mol. The Labute approximate surface area is 189 Å². The number of ether oxygens (including phenoxy) is 1. The second-order valence-electron chi connectivity index (χ2n) is 7.15. The van der Waals surface area contributed by atoms with E-state index in [2.05, 4.69) is 25.8 Å². The number of nitrogens with one attached hydrogen (secondary N) is 3. The molecule has 2 amide bonds. The summed E-state index contributed by atoms with van der Waals surface area (Å²) in [5, 5.41) is 15.7. The molecule has 0 fully saturated rings. The van der Waals surface area contributed by atoms with Gasteiger partial charge in [0.25, 0.3) is 5.91 Å². The summed E-state index contributed by atoms with van der Waals surface area (Å²) in [6.07, 6.45) is 3.39. The molecule has 0 saturated heterocycles. The molecule has 4 rings (SSSR count). The first-order chi connectivity index (χ1) is 15.6. The number of anilines is 1. The number of para-hydroxylation sites is 1. The van der Waals surface area contributed by atoms with Crippen molar-refractivity contribution in [3.63, 3.8) is 0 Å². The summed E-state index contributed by atoms with van der Waals surface area (Å²) in [5.74, 6) is 0.434. The number of carbonyl (C=O) groups excluding carboxylic acids is 2. The fraction of sp³-hybridized carbons (Fsp3) is 0.217. The Bertz CT molecular complexity index is 1220. The molecule has 4 aromatic rings. The average Bonchev–Trinajstić information content (AvgIpc) is 3.45. The first kappa shape index (κ1) is 21.5. The lowest BCUT2D eigenvalue weighted by atomic mass is 10.1. The second kappa shape index (κ2) is 10.1. The summed E-state index contributed by atoms with van der Waals surface area (Å²) in [6, 6.07) is 15.0. The predicted octanol–water partition coefficient (Wildman–Crippen LogP) is 3.57. The van der Waals surface area contributed by atoms with Crippen LogP contribution in [-0.4, -0.2) is 40.7 Å². The van der Waals surface area contributed by atoms with E-state index in [1.807, 2.05) is 42.6 Å². The van der Waals surface area contributed by atoms with Crippen LogP contribution in [-0.2, 0) is 17.6 Å². The van der Waals surface area contributed by atoms with Gasteiger partial charge in [0.05, 0.1) is 7.11 Å². The molecule has 0 aliphatic heterocycles. The Hall–Kier alpha value is -3.72. The minimum absolute atomic E-state index is 0.0621. The van der Waals surface area contributed by atoms with Crippen LogP contribution in [0.4, 0.5) is 5.69 Å². The highest BCUT2D eigenvalue weighted by Crippen LogP contribution is 2.23. The highest BCUT2D eigenvalue weighted by atomic mass is 32.1. The van der Waals surface area contributed by atoms with Crippen molar-refractivity contribution in [3.8, 4) is 5.75 Å². The SMILES string of the molecule is COc1ccc2[nH]cc(CCNC(=O)CCc3nnc(C(=O)Nc4ccccc4)s3)c2c1. The van der Waals surface area contributed by atoms with Gasteiger partial charge < -0.3 is 20.4 Å². The van der Waals surface area contributed by atoms with Crippen molar-refractivity contribution in [1.82, 2.24) is 20.5 Å². The zero-order valence-electron chi connectivity index (χ0n) is 17.6. The first-order valence-electron chi connectivity index (χ1n) is 10.2. The summed E-state index contributed by atoms with van der Waals surface area (Å²) in [7, 11) is 1.64. The molecule has 0 radical (unpaired) electrons. The maximum atomic E-state index is 12.3. The lowest BCUT2D eigenvalue weighted by Gasteiger charge is -2.05. The maximum Gasteiger partial charge on any atom is 0.286 e. The van der Waals surface area contributed by atoms with E-state index in [9.17, 15) is 9.59 Å². The number of methoxy groups -OCH3 is 1. The van der Waals surface area contributed by atoms with E-state index in [-0.39, 0.29) is 23.2 Å². The number of benzene rings is 2. The number of amides is 2. The molecule has 0 aliphatic carbocycles. The zero-order valence-corrected chi connectivity index (χ0v) is 18.4. The normalized spacial score (nSPS) is 10.8. The number of H-pyrrole nitrogens is 1. The van der Waals surface area contributed by atoms with Crippen LogP contribution >= 0.6 is 11.3 Å². The molecule has 2 aromatic carbocycles. The van der Waals surface area contributed by atoms with Gasteiger partial charge in [-0.1, -0.05) is 29.5 Å². The zero-order chi connectivity index (χ0) is 22.3. The molecular formula is C23H23N5O3S. The van der Waals surface area contributed by atoms with Crippen LogP contribution in [0.25, 0.3) is 10.9 Å².